The number of nitrogens with zero attached hydrogens (tertiary/aromatic N) is 3. The summed E-state index contributed by atoms with van der Waals surface area (Å²) in [5.41, 5.74) is 1.87. The Labute approximate surface area is 113 Å². The first-order chi connectivity index (χ1) is 9.63. The average Bonchev–Trinajstić information content (AvgIpc) is 2.92. The summed E-state index contributed by atoms with van der Waals surface area (Å²) in [5.74, 6) is -0.629. The van der Waals surface area contributed by atoms with Crippen LogP contribution < -0.4 is 0 Å². The van der Waals surface area contributed by atoms with E-state index in [1.165, 1.54) is 12.1 Å². The van der Waals surface area contributed by atoms with Gasteiger partial charge in [-0.25, -0.2) is 9.37 Å². The first-order valence-electron chi connectivity index (χ1n) is 5.90. The van der Waals surface area contributed by atoms with Gasteiger partial charge in [0.1, 0.15) is 5.69 Å². The zero-order chi connectivity index (χ0) is 14.1. The molecule has 0 amide bonds. The highest BCUT2D eigenvalue weighted by Gasteiger charge is 2.13. The van der Waals surface area contributed by atoms with E-state index < -0.39 is 11.6 Å². The van der Waals surface area contributed by atoms with E-state index >= 15 is 0 Å². The molecule has 0 bridgehead atoms. The molecule has 0 fully saturated rings. The Bertz CT molecular complexity index is 771. The molecule has 0 aliphatic carbocycles. The lowest BCUT2D eigenvalue weighted by Crippen LogP contribution is -1.88. The van der Waals surface area contributed by atoms with Gasteiger partial charge in [-0.2, -0.15) is 4.98 Å². The van der Waals surface area contributed by atoms with Crippen LogP contribution in [0, 0.1) is 12.7 Å². The maximum atomic E-state index is 13.0. The highest BCUT2D eigenvalue weighted by Crippen LogP contribution is 2.25. The minimum absolute atomic E-state index is 0.193. The summed E-state index contributed by atoms with van der Waals surface area (Å²) >= 11 is 0. The SMILES string of the molecule is Cc1cccc(-c2noc(-c3ccc(F)c(O)c3)n2)n1. The van der Waals surface area contributed by atoms with Crippen molar-refractivity contribution in [2.75, 3.05) is 0 Å². The van der Waals surface area contributed by atoms with Crippen LogP contribution in [0.5, 0.6) is 5.75 Å². The molecule has 0 unspecified atom stereocenters. The second-order valence-corrected chi connectivity index (χ2v) is 4.25. The number of pyridine rings is 1. The molecule has 2 aromatic heterocycles. The summed E-state index contributed by atoms with van der Waals surface area (Å²) < 4.78 is 18.1. The summed E-state index contributed by atoms with van der Waals surface area (Å²) in [6.45, 7) is 1.86. The van der Waals surface area contributed by atoms with Crippen molar-refractivity contribution in [3.8, 4) is 28.7 Å². The van der Waals surface area contributed by atoms with Gasteiger partial charge in [-0.3, -0.25) is 0 Å². The number of halogens is 1. The maximum absolute atomic E-state index is 13.0. The zero-order valence-corrected chi connectivity index (χ0v) is 10.5. The molecule has 100 valence electrons. The number of aryl methyl sites for hydroxylation is 1. The van der Waals surface area contributed by atoms with Crippen LogP contribution in [0.3, 0.4) is 0 Å². The van der Waals surface area contributed by atoms with Crippen molar-refractivity contribution in [3.05, 3.63) is 47.9 Å². The van der Waals surface area contributed by atoms with Gasteiger partial charge in [-0.15, -0.1) is 0 Å². The van der Waals surface area contributed by atoms with Crippen molar-refractivity contribution in [1.82, 2.24) is 15.1 Å². The van der Waals surface area contributed by atoms with Gasteiger partial charge in [0.15, 0.2) is 11.6 Å². The molecular formula is C14H10FN3O2. The quantitative estimate of drug-likeness (QED) is 0.775. The Morgan fingerprint density at radius 1 is 1.15 bits per heavy atom. The minimum Gasteiger partial charge on any atom is -0.505 e. The van der Waals surface area contributed by atoms with Crippen LogP contribution in [0.25, 0.3) is 23.0 Å². The van der Waals surface area contributed by atoms with Gasteiger partial charge >= 0.3 is 0 Å². The molecule has 2 heterocycles. The lowest BCUT2D eigenvalue weighted by atomic mass is 10.2. The van der Waals surface area contributed by atoms with Gasteiger partial charge < -0.3 is 9.63 Å². The van der Waals surface area contributed by atoms with Gasteiger partial charge in [-0.05, 0) is 37.3 Å². The zero-order valence-electron chi connectivity index (χ0n) is 10.5. The molecule has 5 nitrogen and oxygen atoms in total. The topological polar surface area (TPSA) is 72.0 Å². The Kier molecular flexibility index (Phi) is 2.90. The molecule has 0 radical (unpaired) electrons. The lowest BCUT2D eigenvalue weighted by Gasteiger charge is -1.97. The minimum atomic E-state index is -0.700. The van der Waals surface area contributed by atoms with Crippen molar-refractivity contribution in [2.24, 2.45) is 0 Å². The molecule has 0 atom stereocenters. The molecule has 0 aliphatic heterocycles. The number of rotatable bonds is 2. The normalized spacial score (nSPS) is 10.7. The van der Waals surface area contributed by atoms with E-state index in [0.717, 1.165) is 11.8 Å². The van der Waals surface area contributed by atoms with Gasteiger partial charge in [0, 0.05) is 11.3 Å². The molecule has 0 aliphatic rings. The monoisotopic (exact) mass is 271 g/mol. The van der Waals surface area contributed by atoms with Crippen molar-refractivity contribution < 1.29 is 14.0 Å². The highest BCUT2D eigenvalue weighted by atomic mass is 19.1. The van der Waals surface area contributed by atoms with E-state index in [1.807, 2.05) is 19.1 Å². The standard InChI is InChI=1S/C14H10FN3O2/c1-8-3-2-4-11(16-8)13-17-14(20-18-13)9-5-6-10(15)12(19)7-9/h2-7,19H,1H3. The molecule has 1 aromatic carbocycles. The Hall–Kier alpha value is -2.76. The first kappa shape index (κ1) is 12.3. The second-order valence-electron chi connectivity index (χ2n) is 4.25. The number of hydrogen-bond donors (Lipinski definition) is 1. The van der Waals surface area contributed by atoms with E-state index in [2.05, 4.69) is 15.1 Å². The lowest BCUT2D eigenvalue weighted by molar-refractivity contribution is 0.425. The third kappa shape index (κ3) is 2.23. The molecule has 1 N–H and O–H groups in total. The molecule has 0 saturated heterocycles. The van der Waals surface area contributed by atoms with Crippen molar-refractivity contribution in [2.45, 2.75) is 6.92 Å². The van der Waals surface area contributed by atoms with E-state index in [1.54, 1.807) is 6.07 Å². The maximum Gasteiger partial charge on any atom is 0.258 e. The largest absolute Gasteiger partial charge is 0.505 e. The fourth-order valence-corrected chi connectivity index (χ4v) is 1.76. The smallest absolute Gasteiger partial charge is 0.258 e. The van der Waals surface area contributed by atoms with Crippen LogP contribution in [0.4, 0.5) is 4.39 Å². The number of phenols is 1. The van der Waals surface area contributed by atoms with Gasteiger partial charge in [0.25, 0.3) is 5.89 Å². The molecule has 3 rings (SSSR count). The van der Waals surface area contributed by atoms with Crippen molar-refractivity contribution in [1.29, 1.82) is 0 Å². The predicted molar refractivity (Wildman–Crippen MR) is 69.3 cm³/mol. The Morgan fingerprint density at radius 2 is 2.00 bits per heavy atom. The predicted octanol–water partition coefficient (Wildman–Crippen LogP) is 2.95. The molecule has 0 spiro atoms. The van der Waals surface area contributed by atoms with Crippen LogP contribution in [0.15, 0.2) is 40.9 Å². The second kappa shape index (κ2) is 4.73. The van der Waals surface area contributed by atoms with E-state index in [9.17, 15) is 9.50 Å². The molecule has 0 saturated carbocycles. The van der Waals surface area contributed by atoms with Gasteiger partial charge in [-0.1, -0.05) is 11.2 Å². The number of aromatic hydroxyl groups is 1. The number of hydrogen-bond acceptors (Lipinski definition) is 5. The molecular weight excluding hydrogens is 261 g/mol. The van der Waals surface area contributed by atoms with Gasteiger partial charge in [0.2, 0.25) is 5.82 Å². The third-order valence-electron chi connectivity index (χ3n) is 2.74. The van der Waals surface area contributed by atoms with E-state index in [-0.39, 0.29) is 5.89 Å². The number of aromatic nitrogens is 3. The first-order valence-corrected chi connectivity index (χ1v) is 5.90. The summed E-state index contributed by atoms with van der Waals surface area (Å²) in [7, 11) is 0. The van der Waals surface area contributed by atoms with Crippen LogP contribution in [-0.2, 0) is 0 Å². The van der Waals surface area contributed by atoms with E-state index in [0.29, 0.717) is 17.1 Å². The average molecular weight is 271 g/mol. The molecule has 6 heteroatoms. The highest BCUT2D eigenvalue weighted by molar-refractivity contribution is 5.59. The summed E-state index contributed by atoms with van der Waals surface area (Å²) in [6, 6.07) is 9.30. The fourth-order valence-electron chi connectivity index (χ4n) is 1.76. The van der Waals surface area contributed by atoms with Gasteiger partial charge in [0.05, 0.1) is 0 Å². The van der Waals surface area contributed by atoms with Crippen LogP contribution in [0.2, 0.25) is 0 Å². The number of phenolic OH excluding ortho intramolecular Hbond substituents is 1. The third-order valence-corrected chi connectivity index (χ3v) is 2.74. The summed E-state index contributed by atoms with van der Waals surface area (Å²) in [4.78, 5) is 8.48. The Morgan fingerprint density at radius 3 is 2.75 bits per heavy atom. The van der Waals surface area contributed by atoms with Crippen LogP contribution in [0.1, 0.15) is 5.69 Å². The summed E-state index contributed by atoms with van der Waals surface area (Å²) in [5, 5.41) is 13.2. The van der Waals surface area contributed by atoms with Crippen molar-refractivity contribution in [3.63, 3.8) is 0 Å². The van der Waals surface area contributed by atoms with Crippen LogP contribution >= 0.6 is 0 Å². The van der Waals surface area contributed by atoms with Crippen LogP contribution in [-0.4, -0.2) is 20.2 Å². The number of benzene rings is 1. The van der Waals surface area contributed by atoms with E-state index in [4.69, 9.17) is 4.52 Å². The summed E-state index contributed by atoms with van der Waals surface area (Å²) in [6.07, 6.45) is 0. The Balaban J connectivity index is 1.99. The fraction of sp³-hybridized carbons (Fsp3) is 0.0714. The molecule has 3 aromatic rings. The molecule has 20 heavy (non-hydrogen) atoms. The van der Waals surface area contributed by atoms with Crippen molar-refractivity contribution >= 4 is 0 Å².